The van der Waals surface area contributed by atoms with Gasteiger partial charge in [-0.25, -0.2) is 13.6 Å². The van der Waals surface area contributed by atoms with Crippen molar-refractivity contribution < 1.29 is 27.8 Å². The molecule has 4 fully saturated rings. The van der Waals surface area contributed by atoms with Crippen molar-refractivity contribution in [1.82, 2.24) is 0 Å². The van der Waals surface area contributed by atoms with Crippen molar-refractivity contribution in [2.45, 2.75) is 159 Å². The Morgan fingerprint density at radius 1 is 0.659 bits per heavy atom. The third-order valence-electron chi connectivity index (χ3n) is 10.8. The van der Waals surface area contributed by atoms with Crippen molar-refractivity contribution in [2.24, 2.45) is 23.7 Å². The lowest BCUT2D eigenvalue weighted by Crippen LogP contribution is -2.40. The number of carbonyl (C=O) groups is 2. The highest BCUT2D eigenvalue weighted by Gasteiger charge is 2.51. The Labute approximate surface area is 247 Å². The predicted molar refractivity (Wildman–Crippen MR) is 159 cm³/mol. The molecule has 0 aromatic carbocycles. The first-order valence-corrected chi connectivity index (χ1v) is 16.6. The van der Waals surface area contributed by atoms with Gasteiger partial charge >= 0.3 is 11.9 Å². The van der Waals surface area contributed by atoms with Crippen LogP contribution in [0.25, 0.3) is 0 Å². The molecule has 0 aliphatic heterocycles. The monoisotopic (exact) mass is 576 g/mol. The third kappa shape index (κ3) is 8.66. The van der Waals surface area contributed by atoms with E-state index in [1.807, 2.05) is 0 Å². The van der Waals surface area contributed by atoms with E-state index in [-0.39, 0.29) is 48.9 Å². The number of carbonyl (C=O) groups excluding carboxylic acids is 2. The van der Waals surface area contributed by atoms with Crippen LogP contribution in [0.15, 0.2) is 24.3 Å². The van der Waals surface area contributed by atoms with Crippen LogP contribution in [0.2, 0.25) is 0 Å². The zero-order valence-corrected chi connectivity index (χ0v) is 25.7. The molecule has 0 bridgehead atoms. The maximum Gasteiger partial charge on any atom is 0.333 e. The van der Waals surface area contributed by atoms with Crippen molar-refractivity contribution in [2.75, 3.05) is 0 Å². The minimum absolute atomic E-state index is 0.0138. The van der Waals surface area contributed by atoms with Crippen LogP contribution in [0, 0.1) is 23.7 Å². The number of halogens is 2. The standard InChI is InChI=1S/C35H54F2O4/c1-24(2)19-32(38)40-30-17-15-26(20-34(36,22-30)28-11-7-5-6-8-12-28)27-16-18-31(41-33(39)25(3)4)23-35(37,21-27)29-13-9-10-14-29/h26-31H,1,3,5-23H2,2,4H3. The summed E-state index contributed by atoms with van der Waals surface area (Å²) >= 11 is 0. The summed E-state index contributed by atoms with van der Waals surface area (Å²) in [5, 5.41) is 0. The molecule has 0 spiro atoms. The molecule has 0 saturated heterocycles. The highest BCUT2D eigenvalue weighted by molar-refractivity contribution is 5.87. The zero-order chi connectivity index (χ0) is 29.6. The molecule has 4 rings (SSSR count). The van der Waals surface area contributed by atoms with E-state index in [0.717, 1.165) is 82.6 Å². The van der Waals surface area contributed by atoms with Gasteiger partial charge in [0.2, 0.25) is 0 Å². The van der Waals surface area contributed by atoms with Crippen LogP contribution in [-0.2, 0) is 19.1 Å². The van der Waals surface area contributed by atoms with Crippen LogP contribution in [0.5, 0.6) is 0 Å². The van der Waals surface area contributed by atoms with E-state index in [2.05, 4.69) is 13.2 Å². The molecular weight excluding hydrogens is 522 g/mol. The number of esters is 2. The Hall–Kier alpha value is -1.72. The number of ether oxygens (including phenoxy) is 2. The predicted octanol–water partition coefficient (Wildman–Crippen LogP) is 9.31. The van der Waals surface area contributed by atoms with Gasteiger partial charge in [0.1, 0.15) is 23.5 Å². The first kappa shape index (κ1) is 32.2. The molecule has 4 aliphatic carbocycles. The van der Waals surface area contributed by atoms with Crippen molar-refractivity contribution in [1.29, 1.82) is 0 Å². The minimum Gasteiger partial charge on any atom is -0.462 e. The van der Waals surface area contributed by atoms with Crippen molar-refractivity contribution in [3.05, 3.63) is 24.3 Å². The molecule has 0 amide bonds. The van der Waals surface area contributed by atoms with Gasteiger partial charge in [0.25, 0.3) is 0 Å². The largest absolute Gasteiger partial charge is 0.462 e. The summed E-state index contributed by atoms with van der Waals surface area (Å²) < 4.78 is 46.2. The third-order valence-corrected chi connectivity index (χ3v) is 10.8. The molecule has 0 heterocycles. The average Bonchev–Trinajstić information content (AvgIpc) is 3.12. The maximum atomic E-state index is 17.4. The quantitative estimate of drug-likeness (QED) is 0.125. The molecule has 4 aliphatic rings. The van der Waals surface area contributed by atoms with Crippen molar-refractivity contribution in [3.8, 4) is 0 Å². The van der Waals surface area contributed by atoms with Gasteiger partial charge in [0, 0.05) is 18.4 Å². The lowest BCUT2D eigenvalue weighted by Gasteiger charge is -2.39. The second-order valence-electron chi connectivity index (χ2n) is 14.3. The molecule has 0 N–H and O–H groups in total. The van der Waals surface area contributed by atoms with Gasteiger partial charge in [-0.3, -0.25) is 4.79 Å². The zero-order valence-electron chi connectivity index (χ0n) is 25.7. The van der Waals surface area contributed by atoms with Crippen LogP contribution in [-0.4, -0.2) is 35.5 Å². The van der Waals surface area contributed by atoms with Gasteiger partial charge in [-0.05, 0) is 102 Å². The van der Waals surface area contributed by atoms with Crippen LogP contribution >= 0.6 is 0 Å². The Bertz CT molecular complexity index is 934. The van der Waals surface area contributed by atoms with Crippen LogP contribution in [0.4, 0.5) is 8.78 Å². The van der Waals surface area contributed by atoms with E-state index >= 15 is 8.78 Å². The molecule has 4 saturated carbocycles. The Morgan fingerprint density at radius 2 is 1.10 bits per heavy atom. The molecule has 4 nitrogen and oxygen atoms in total. The van der Waals surface area contributed by atoms with Crippen LogP contribution < -0.4 is 0 Å². The van der Waals surface area contributed by atoms with Gasteiger partial charge in [-0.1, -0.05) is 57.3 Å². The van der Waals surface area contributed by atoms with Gasteiger partial charge < -0.3 is 9.47 Å². The lowest BCUT2D eigenvalue weighted by molar-refractivity contribution is -0.151. The van der Waals surface area contributed by atoms with Gasteiger partial charge in [0.15, 0.2) is 0 Å². The molecule has 0 aromatic heterocycles. The smallest absolute Gasteiger partial charge is 0.333 e. The maximum absolute atomic E-state index is 17.4. The molecule has 6 heteroatoms. The van der Waals surface area contributed by atoms with Gasteiger partial charge in [0.05, 0.1) is 6.42 Å². The number of rotatable bonds is 8. The number of hydrogen-bond donors (Lipinski definition) is 0. The molecule has 6 atom stereocenters. The fourth-order valence-corrected chi connectivity index (χ4v) is 8.64. The summed E-state index contributed by atoms with van der Waals surface area (Å²) in [4.78, 5) is 25.0. The molecular formula is C35H54F2O4. The normalized spacial score (nSPS) is 36.0. The van der Waals surface area contributed by atoms with E-state index in [1.54, 1.807) is 13.8 Å². The topological polar surface area (TPSA) is 52.6 Å². The van der Waals surface area contributed by atoms with E-state index < -0.39 is 29.5 Å². The van der Waals surface area contributed by atoms with E-state index in [9.17, 15) is 9.59 Å². The average molecular weight is 577 g/mol. The molecule has 41 heavy (non-hydrogen) atoms. The summed E-state index contributed by atoms with van der Waals surface area (Å²) in [7, 11) is 0. The minimum atomic E-state index is -1.43. The van der Waals surface area contributed by atoms with E-state index in [1.165, 1.54) is 0 Å². The van der Waals surface area contributed by atoms with Crippen molar-refractivity contribution >= 4 is 11.9 Å². The second-order valence-corrected chi connectivity index (χ2v) is 14.3. The second kappa shape index (κ2) is 14.2. The summed E-state index contributed by atoms with van der Waals surface area (Å²) in [6.07, 6.45) is 13.1. The van der Waals surface area contributed by atoms with Crippen LogP contribution in [0.1, 0.15) is 136 Å². The molecule has 6 unspecified atom stereocenters. The SMILES string of the molecule is C=C(C)CC(=O)OC1CCC(C2CCC(OC(=O)C(=C)C)CC(F)(C3CCCC3)C2)CC(F)(C2CCCCCC2)C1. The molecule has 0 aromatic rings. The van der Waals surface area contributed by atoms with Crippen molar-refractivity contribution in [3.63, 3.8) is 0 Å². The number of hydrogen-bond acceptors (Lipinski definition) is 4. The van der Waals surface area contributed by atoms with E-state index in [0.29, 0.717) is 31.3 Å². The van der Waals surface area contributed by atoms with Gasteiger partial charge in [-0.15, -0.1) is 0 Å². The summed E-state index contributed by atoms with van der Waals surface area (Å²) in [6, 6.07) is 0. The van der Waals surface area contributed by atoms with Crippen LogP contribution in [0.3, 0.4) is 0 Å². The Kier molecular flexibility index (Phi) is 11.1. The van der Waals surface area contributed by atoms with E-state index in [4.69, 9.17) is 9.47 Å². The highest BCUT2D eigenvalue weighted by Crippen LogP contribution is 2.53. The van der Waals surface area contributed by atoms with Gasteiger partial charge in [-0.2, -0.15) is 0 Å². The fraction of sp³-hybridized carbons (Fsp3) is 0.829. The lowest BCUT2D eigenvalue weighted by atomic mass is 9.70. The summed E-state index contributed by atoms with van der Waals surface area (Å²) in [5.74, 6) is -0.835. The highest BCUT2D eigenvalue weighted by atomic mass is 19.1. The Balaban J connectivity index is 1.58. The summed E-state index contributed by atoms with van der Waals surface area (Å²) in [5.41, 5.74) is -1.77. The molecule has 0 radical (unpaired) electrons. The first-order chi connectivity index (χ1) is 19.5. The number of alkyl halides is 2. The molecule has 232 valence electrons. The fourth-order valence-electron chi connectivity index (χ4n) is 8.64. The first-order valence-electron chi connectivity index (χ1n) is 16.6. The Morgan fingerprint density at radius 3 is 1.54 bits per heavy atom. The summed E-state index contributed by atoms with van der Waals surface area (Å²) in [6.45, 7) is 11.0.